The van der Waals surface area contributed by atoms with E-state index in [1.165, 1.54) is 20.4 Å². The van der Waals surface area contributed by atoms with Gasteiger partial charge in [0.25, 0.3) is 5.91 Å². The highest BCUT2D eigenvalue weighted by Gasteiger charge is 2.20. The second-order valence-corrected chi connectivity index (χ2v) is 5.60. The van der Waals surface area contributed by atoms with Gasteiger partial charge in [-0.05, 0) is 25.0 Å². The van der Waals surface area contributed by atoms with Crippen LogP contribution in [0.2, 0.25) is 0 Å². The molecule has 3 rings (SSSR count). The van der Waals surface area contributed by atoms with Gasteiger partial charge in [0.2, 0.25) is 5.43 Å². The van der Waals surface area contributed by atoms with Gasteiger partial charge in [-0.25, -0.2) is 10.3 Å². The van der Waals surface area contributed by atoms with E-state index in [0.29, 0.717) is 30.0 Å². The fourth-order valence-electron chi connectivity index (χ4n) is 2.76. The minimum absolute atomic E-state index is 0.0881. The van der Waals surface area contributed by atoms with Crippen LogP contribution in [0.4, 0.5) is 0 Å². The van der Waals surface area contributed by atoms with Crippen molar-refractivity contribution in [1.82, 2.24) is 10.5 Å². The van der Waals surface area contributed by atoms with E-state index < -0.39 is 17.6 Å². The third-order valence-electron chi connectivity index (χ3n) is 4.07. The van der Waals surface area contributed by atoms with Gasteiger partial charge in [0.1, 0.15) is 17.1 Å². The van der Waals surface area contributed by atoms with Crippen LogP contribution in [-0.4, -0.2) is 38.0 Å². The maximum Gasteiger partial charge on any atom is 0.280 e. The van der Waals surface area contributed by atoms with Crippen LogP contribution in [0.15, 0.2) is 23.1 Å². The molecule has 2 N–H and O–H groups in total. The van der Waals surface area contributed by atoms with Crippen molar-refractivity contribution in [2.24, 2.45) is 0 Å². The van der Waals surface area contributed by atoms with Crippen molar-refractivity contribution >= 4 is 16.8 Å². The number of aromatic amines is 1. The molecule has 1 fully saturated rings. The first-order valence-electron chi connectivity index (χ1n) is 7.99. The summed E-state index contributed by atoms with van der Waals surface area (Å²) in [6, 6.07) is 3.30. The summed E-state index contributed by atoms with van der Waals surface area (Å²) in [5, 5.41) is 0.239. The van der Waals surface area contributed by atoms with E-state index >= 15 is 0 Å². The van der Waals surface area contributed by atoms with Crippen LogP contribution >= 0.6 is 0 Å². The van der Waals surface area contributed by atoms with E-state index in [1.54, 1.807) is 12.1 Å². The maximum absolute atomic E-state index is 12.8. The Morgan fingerprint density at radius 3 is 2.68 bits per heavy atom. The molecule has 8 nitrogen and oxygen atoms in total. The number of ether oxygens (including phenoxy) is 3. The number of aromatic nitrogens is 1. The smallest absolute Gasteiger partial charge is 0.280 e. The molecule has 134 valence electrons. The number of carbonyl (C=O) groups is 1. The van der Waals surface area contributed by atoms with Crippen molar-refractivity contribution < 1.29 is 23.8 Å². The zero-order valence-electron chi connectivity index (χ0n) is 14.1. The lowest BCUT2D eigenvalue weighted by Gasteiger charge is -2.22. The third-order valence-corrected chi connectivity index (χ3v) is 4.07. The fourth-order valence-corrected chi connectivity index (χ4v) is 2.76. The average Bonchev–Trinajstić information content (AvgIpc) is 2.66. The van der Waals surface area contributed by atoms with E-state index in [-0.39, 0.29) is 10.9 Å². The second kappa shape index (κ2) is 7.54. The quantitative estimate of drug-likeness (QED) is 0.799. The highest BCUT2D eigenvalue weighted by Crippen LogP contribution is 2.29. The summed E-state index contributed by atoms with van der Waals surface area (Å²) >= 11 is 0. The van der Waals surface area contributed by atoms with Gasteiger partial charge < -0.3 is 19.2 Å². The summed E-state index contributed by atoms with van der Waals surface area (Å²) in [7, 11) is 2.95. The first kappa shape index (κ1) is 17.2. The molecule has 0 aliphatic carbocycles. The molecule has 1 aromatic carbocycles. The number of benzene rings is 1. The van der Waals surface area contributed by atoms with Crippen LogP contribution in [-0.2, 0) is 9.57 Å². The van der Waals surface area contributed by atoms with Gasteiger partial charge in [-0.2, -0.15) is 0 Å². The van der Waals surface area contributed by atoms with Crippen LogP contribution in [0.1, 0.15) is 29.6 Å². The fraction of sp³-hybridized carbons (Fsp3) is 0.412. The number of methoxy groups -OCH3 is 2. The predicted octanol–water partition coefficient (Wildman–Crippen LogP) is 1.73. The number of hydrogen-bond acceptors (Lipinski definition) is 6. The van der Waals surface area contributed by atoms with E-state index in [2.05, 4.69) is 10.5 Å². The Bertz CT molecular complexity index is 826. The Morgan fingerprint density at radius 2 is 2.00 bits per heavy atom. The van der Waals surface area contributed by atoms with Gasteiger partial charge in [-0.3, -0.25) is 9.59 Å². The highest BCUT2D eigenvalue weighted by molar-refractivity contribution is 5.99. The average molecular weight is 348 g/mol. The number of H-pyrrole nitrogens is 1. The first-order valence-corrected chi connectivity index (χ1v) is 7.99. The highest BCUT2D eigenvalue weighted by atomic mass is 16.8. The molecule has 1 aliphatic heterocycles. The number of hydroxylamine groups is 1. The molecule has 1 atom stereocenters. The minimum atomic E-state index is -0.651. The number of fused-ring (bicyclic) bond motifs is 1. The van der Waals surface area contributed by atoms with Crippen LogP contribution in [0.25, 0.3) is 10.9 Å². The number of amides is 1. The van der Waals surface area contributed by atoms with E-state index in [1.807, 2.05) is 0 Å². The topological polar surface area (TPSA) is 98.9 Å². The van der Waals surface area contributed by atoms with Gasteiger partial charge in [0.15, 0.2) is 6.29 Å². The van der Waals surface area contributed by atoms with Crippen LogP contribution < -0.4 is 20.4 Å². The van der Waals surface area contributed by atoms with Crippen molar-refractivity contribution in [3.8, 4) is 11.5 Å². The van der Waals surface area contributed by atoms with Gasteiger partial charge in [0, 0.05) is 19.2 Å². The van der Waals surface area contributed by atoms with Crippen molar-refractivity contribution in [3.63, 3.8) is 0 Å². The van der Waals surface area contributed by atoms with Crippen LogP contribution in [0.5, 0.6) is 11.5 Å². The molecule has 0 saturated carbocycles. The Labute approximate surface area is 144 Å². The van der Waals surface area contributed by atoms with Crippen LogP contribution in [0.3, 0.4) is 0 Å². The predicted molar refractivity (Wildman–Crippen MR) is 89.8 cm³/mol. The summed E-state index contributed by atoms with van der Waals surface area (Å²) < 4.78 is 15.9. The number of hydrogen-bond donors (Lipinski definition) is 2. The molecule has 1 aliphatic rings. The Hall–Kier alpha value is -2.58. The molecule has 2 heterocycles. The monoisotopic (exact) mass is 348 g/mol. The van der Waals surface area contributed by atoms with Gasteiger partial charge in [-0.1, -0.05) is 0 Å². The van der Waals surface area contributed by atoms with Crippen molar-refractivity contribution in [1.29, 1.82) is 0 Å². The van der Waals surface area contributed by atoms with Crippen molar-refractivity contribution in [3.05, 3.63) is 34.1 Å². The van der Waals surface area contributed by atoms with Crippen LogP contribution in [0, 0.1) is 0 Å². The molecular weight excluding hydrogens is 328 g/mol. The van der Waals surface area contributed by atoms with E-state index in [4.69, 9.17) is 19.0 Å². The Morgan fingerprint density at radius 1 is 1.24 bits per heavy atom. The standard InChI is InChI=1S/C17H20N2O6/c1-22-11-6-7-12(23-2)15-14(11)16(20)10(9-18-15)17(21)19-25-13-5-3-4-8-24-13/h6-7,9,13H,3-5,8H2,1-2H3,(H,18,20)(H,19,21)/t13-/m0/s1. The summed E-state index contributed by atoms with van der Waals surface area (Å²) in [6.07, 6.45) is 3.46. The third kappa shape index (κ3) is 3.45. The largest absolute Gasteiger partial charge is 0.496 e. The number of rotatable bonds is 5. The molecule has 1 amide bonds. The normalized spacial score (nSPS) is 17.3. The lowest BCUT2D eigenvalue weighted by Crippen LogP contribution is -2.35. The van der Waals surface area contributed by atoms with Gasteiger partial charge in [-0.15, -0.1) is 0 Å². The number of pyridine rings is 1. The lowest BCUT2D eigenvalue weighted by molar-refractivity contribution is -0.186. The summed E-state index contributed by atoms with van der Waals surface area (Å²) in [4.78, 5) is 33.2. The number of carbonyl (C=O) groups excluding carboxylic acids is 1. The summed E-state index contributed by atoms with van der Waals surface area (Å²) in [6.45, 7) is 0.591. The Kier molecular flexibility index (Phi) is 5.20. The van der Waals surface area contributed by atoms with Crippen molar-refractivity contribution in [2.45, 2.75) is 25.6 Å². The molecule has 25 heavy (non-hydrogen) atoms. The molecule has 8 heteroatoms. The second-order valence-electron chi connectivity index (χ2n) is 5.60. The SMILES string of the molecule is COc1ccc(OC)c2c(=O)c(C(=O)NO[C@H]3CCCCO3)c[nH]c12. The maximum atomic E-state index is 12.8. The Balaban J connectivity index is 1.90. The zero-order valence-corrected chi connectivity index (χ0v) is 14.1. The minimum Gasteiger partial charge on any atom is -0.496 e. The summed E-state index contributed by atoms with van der Waals surface area (Å²) in [5.74, 6) is 0.178. The molecular formula is C17H20N2O6. The lowest BCUT2D eigenvalue weighted by atomic mass is 10.1. The molecule has 0 bridgehead atoms. The van der Waals surface area contributed by atoms with Gasteiger partial charge in [0.05, 0.1) is 25.1 Å². The van der Waals surface area contributed by atoms with E-state index in [9.17, 15) is 9.59 Å². The molecule has 1 aromatic heterocycles. The van der Waals surface area contributed by atoms with E-state index in [0.717, 1.165) is 12.8 Å². The summed E-state index contributed by atoms with van der Waals surface area (Å²) in [5.41, 5.74) is 2.18. The molecule has 0 radical (unpaired) electrons. The zero-order chi connectivity index (χ0) is 17.8. The molecule has 0 unspecified atom stereocenters. The number of nitrogens with one attached hydrogen (secondary N) is 2. The molecule has 0 spiro atoms. The molecule has 1 saturated heterocycles. The van der Waals surface area contributed by atoms with Gasteiger partial charge >= 0.3 is 0 Å². The molecule has 2 aromatic rings. The first-order chi connectivity index (χ1) is 12.2. The van der Waals surface area contributed by atoms with Crippen molar-refractivity contribution in [2.75, 3.05) is 20.8 Å².